The normalized spacial score (nSPS) is 11.8. The number of aromatic carboxylic acids is 1. The van der Waals surface area contributed by atoms with E-state index in [1.807, 2.05) is 0 Å². The summed E-state index contributed by atoms with van der Waals surface area (Å²) in [5.74, 6) is -0.732. The van der Waals surface area contributed by atoms with E-state index in [2.05, 4.69) is 0 Å². The van der Waals surface area contributed by atoms with E-state index >= 15 is 0 Å². The maximum atomic E-state index is 13.1. The molecule has 0 radical (unpaired) electrons. The molecule has 0 spiro atoms. The molecule has 0 aliphatic rings. The lowest BCUT2D eigenvalue weighted by atomic mass is 10.1. The third kappa shape index (κ3) is 5.28. The first kappa shape index (κ1) is 24.1. The van der Waals surface area contributed by atoms with Crippen LogP contribution in [-0.4, -0.2) is 26.0 Å². The molecule has 6 nitrogen and oxygen atoms in total. The number of carbonyl (C=O) groups is 1. The van der Waals surface area contributed by atoms with E-state index in [4.69, 9.17) is 4.74 Å². The molecular weight excluding hydrogens is 459 g/mol. The van der Waals surface area contributed by atoms with Gasteiger partial charge in [-0.25, -0.2) is 13.2 Å². The lowest BCUT2D eigenvalue weighted by Crippen LogP contribution is -2.31. The van der Waals surface area contributed by atoms with Gasteiger partial charge in [-0.3, -0.25) is 4.31 Å². The van der Waals surface area contributed by atoms with Crippen LogP contribution < -0.4 is 9.04 Å². The first-order valence-electron chi connectivity index (χ1n) is 9.75. The molecule has 0 heterocycles. The molecule has 1 N–H and O–H groups in total. The monoisotopic (exact) mass is 479 g/mol. The van der Waals surface area contributed by atoms with Crippen LogP contribution in [0.3, 0.4) is 0 Å². The van der Waals surface area contributed by atoms with Crippen LogP contribution in [-0.2, 0) is 16.2 Å². The van der Waals surface area contributed by atoms with E-state index in [-0.39, 0.29) is 22.8 Å². The SMILES string of the molecule is CCN(c1ccc(Oc2ccc(C(F)(F)F)cc2)cc1)S(=O)(=O)c1ccc(C)c(C(=O)O)c1. The highest BCUT2D eigenvalue weighted by Gasteiger charge is 2.30. The number of ether oxygens (including phenoxy) is 1. The molecule has 0 bridgehead atoms. The Balaban J connectivity index is 1.84. The van der Waals surface area contributed by atoms with Gasteiger partial charge in [0.15, 0.2) is 0 Å². The molecule has 0 amide bonds. The van der Waals surface area contributed by atoms with Gasteiger partial charge in [0.25, 0.3) is 10.0 Å². The van der Waals surface area contributed by atoms with Crippen molar-refractivity contribution in [2.75, 3.05) is 10.8 Å². The third-order valence-corrected chi connectivity index (χ3v) is 6.76. The lowest BCUT2D eigenvalue weighted by molar-refractivity contribution is -0.137. The standard InChI is InChI=1S/C23H20F3NO5S/c1-3-27(33(30,31)20-13-4-15(2)21(14-20)22(28)29)17-7-11-19(12-8-17)32-18-9-5-16(6-10-18)23(24,25)26/h4-14H,3H2,1-2H3,(H,28,29). The van der Waals surface area contributed by atoms with Crippen LogP contribution in [0.25, 0.3) is 0 Å². The number of hydrogen-bond donors (Lipinski definition) is 1. The maximum Gasteiger partial charge on any atom is 0.416 e. The fourth-order valence-electron chi connectivity index (χ4n) is 3.14. The molecule has 33 heavy (non-hydrogen) atoms. The molecular formula is C23H20F3NO5S. The van der Waals surface area contributed by atoms with Crippen molar-refractivity contribution < 1.29 is 36.2 Å². The number of halogens is 3. The molecule has 0 saturated heterocycles. The van der Waals surface area contributed by atoms with Gasteiger partial charge in [-0.1, -0.05) is 6.07 Å². The zero-order valence-corrected chi connectivity index (χ0v) is 18.4. The second-order valence-corrected chi connectivity index (χ2v) is 8.93. The van der Waals surface area contributed by atoms with Crippen LogP contribution in [0.5, 0.6) is 11.5 Å². The number of hydrogen-bond acceptors (Lipinski definition) is 4. The Hall–Kier alpha value is -3.53. The Morgan fingerprint density at radius 3 is 2.00 bits per heavy atom. The van der Waals surface area contributed by atoms with Crippen molar-refractivity contribution in [2.24, 2.45) is 0 Å². The summed E-state index contributed by atoms with van der Waals surface area (Å²) >= 11 is 0. The second-order valence-electron chi connectivity index (χ2n) is 7.07. The Bertz CT molecular complexity index is 1250. The van der Waals surface area contributed by atoms with Crippen molar-refractivity contribution in [3.05, 3.63) is 83.4 Å². The predicted molar refractivity (Wildman–Crippen MR) is 116 cm³/mol. The number of anilines is 1. The summed E-state index contributed by atoms with van der Waals surface area (Å²) < 4.78 is 71.0. The highest BCUT2D eigenvalue weighted by atomic mass is 32.2. The van der Waals surface area contributed by atoms with Gasteiger partial charge in [-0.2, -0.15) is 13.2 Å². The van der Waals surface area contributed by atoms with Gasteiger partial charge in [-0.15, -0.1) is 0 Å². The molecule has 0 fully saturated rings. The van der Waals surface area contributed by atoms with Crippen LogP contribution >= 0.6 is 0 Å². The van der Waals surface area contributed by atoms with E-state index in [0.29, 0.717) is 17.0 Å². The molecule has 0 aliphatic carbocycles. The summed E-state index contributed by atoms with van der Waals surface area (Å²) in [7, 11) is -4.04. The molecule has 0 atom stereocenters. The van der Waals surface area contributed by atoms with Crippen LogP contribution in [0.2, 0.25) is 0 Å². The number of rotatable bonds is 7. The van der Waals surface area contributed by atoms with Gasteiger partial charge in [0.1, 0.15) is 11.5 Å². The van der Waals surface area contributed by atoms with Gasteiger partial charge in [0.05, 0.1) is 21.7 Å². The Morgan fingerprint density at radius 2 is 1.52 bits per heavy atom. The minimum atomic E-state index is -4.45. The third-order valence-electron chi connectivity index (χ3n) is 4.86. The van der Waals surface area contributed by atoms with Crippen LogP contribution in [0.4, 0.5) is 18.9 Å². The summed E-state index contributed by atoms with van der Waals surface area (Å²) in [5.41, 5.74) is -0.146. The number of alkyl halides is 3. The Morgan fingerprint density at radius 1 is 0.970 bits per heavy atom. The fraction of sp³-hybridized carbons (Fsp3) is 0.174. The maximum absolute atomic E-state index is 13.1. The number of benzene rings is 3. The number of aryl methyl sites for hydroxylation is 1. The smallest absolute Gasteiger partial charge is 0.416 e. The van der Waals surface area contributed by atoms with E-state index in [1.165, 1.54) is 48.5 Å². The molecule has 0 aromatic heterocycles. The minimum Gasteiger partial charge on any atom is -0.478 e. The summed E-state index contributed by atoms with van der Waals surface area (Å²) in [6.07, 6.45) is -4.45. The highest BCUT2D eigenvalue weighted by Crippen LogP contribution is 2.32. The van der Waals surface area contributed by atoms with E-state index in [1.54, 1.807) is 13.8 Å². The predicted octanol–water partition coefficient (Wildman–Crippen LogP) is 5.72. The van der Waals surface area contributed by atoms with Crippen molar-refractivity contribution in [2.45, 2.75) is 24.9 Å². The van der Waals surface area contributed by atoms with Crippen molar-refractivity contribution in [3.8, 4) is 11.5 Å². The van der Waals surface area contributed by atoms with Crippen LogP contribution in [0.1, 0.15) is 28.4 Å². The van der Waals surface area contributed by atoms with E-state index in [0.717, 1.165) is 22.5 Å². The first-order chi connectivity index (χ1) is 15.4. The van der Waals surface area contributed by atoms with Gasteiger partial charge < -0.3 is 9.84 Å². The van der Waals surface area contributed by atoms with E-state index in [9.17, 15) is 31.5 Å². The summed E-state index contributed by atoms with van der Waals surface area (Å²) in [4.78, 5) is 11.2. The largest absolute Gasteiger partial charge is 0.478 e. The first-order valence-corrected chi connectivity index (χ1v) is 11.2. The molecule has 3 aromatic carbocycles. The second kappa shape index (κ2) is 9.14. The Kier molecular flexibility index (Phi) is 6.68. The average molecular weight is 479 g/mol. The average Bonchev–Trinajstić information content (AvgIpc) is 2.75. The highest BCUT2D eigenvalue weighted by molar-refractivity contribution is 7.92. The van der Waals surface area contributed by atoms with E-state index < -0.39 is 27.7 Å². The Labute approximate surface area is 188 Å². The zero-order chi connectivity index (χ0) is 24.4. The fourth-order valence-corrected chi connectivity index (χ4v) is 4.64. The quantitative estimate of drug-likeness (QED) is 0.469. The number of sulfonamides is 1. The van der Waals surface area contributed by atoms with Gasteiger partial charge in [0.2, 0.25) is 0 Å². The number of carboxylic acid groups (broad SMARTS) is 1. The number of carboxylic acids is 1. The zero-order valence-electron chi connectivity index (χ0n) is 17.6. The van der Waals surface area contributed by atoms with Crippen molar-refractivity contribution >= 4 is 21.7 Å². The summed E-state index contributed by atoms with van der Waals surface area (Å²) in [6, 6.07) is 14.1. The molecule has 174 valence electrons. The van der Waals surface area contributed by atoms with Crippen molar-refractivity contribution in [1.82, 2.24) is 0 Å². The molecule has 3 aromatic rings. The van der Waals surface area contributed by atoms with Gasteiger partial charge in [-0.05, 0) is 80.1 Å². The minimum absolute atomic E-state index is 0.0811. The molecule has 0 unspecified atom stereocenters. The summed E-state index contributed by atoms with van der Waals surface area (Å²) in [6.45, 7) is 3.29. The molecule has 0 aliphatic heterocycles. The van der Waals surface area contributed by atoms with Crippen LogP contribution in [0.15, 0.2) is 71.6 Å². The molecule has 10 heteroatoms. The summed E-state index contributed by atoms with van der Waals surface area (Å²) in [5, 5.41) is 9.30. The van der Waals surface area contributed by atoms with Gasteiger partial charge in [0, 0.05) is 6.54 Å². The van der Waals surface area contributed by atoms with Crippen LogP contribution in [0, 0.1) is 6.92 Å². The molecule has 3 rings (SSSR count). The number of nitrogens with zero attached hydrogens (tertiary/aromatic N) is 1. The van der Waals surface area contributed by atoms with Gasteiger partial charge >= 0.3 is 12.1 Å². The lowest BCUT2D eigenvalue weighted by Gasteiger charge is -2.23. The van der Waals surface area contributed by atoms with Crippen molar-refractivity contribution in [1.29, 1.82) is 0 Å². The molecule has 0 saturated carbocycles. The topological polar surface area (TPSA) is 83.9 Å². The van der Waals surface area contributed by atoms with Crippen molar-refractivity contribution in [3.63, 3.8) is 0 Å².